The third-order valence-corrected chi connectivity index (χ3v) is 17.8. The van der Waals surface area contributed by atoms with Gasteiger partial charge in [0.2, 0.25) is 5.91 Å². The summed E-state index contributed by atoms with van der Waals surface area (Å²) in [6.07, 6.45) is 9.69. The van der Waals surface area contributed by atoms with E-state index in [0.29, 0.717) is 104 Å². The van der Waals surface area contributed by atoms with Crippen LogP contribution in [-0.4, -0.2) is 66.0 Å². The SMILES string of the molecule is C=C(N[C@@H](C)c1cc2cccc(Cl)c2c(=O)n1-c1ccccc1)c1cnc(NC(C)=O)s1.C[C@H](NC(=O)c1ccnc2nc[nH]c12)c1cc2cccc(Cl)c2c(=O)n1-c1ccccc1.Cc1cnc2c(C(=O)N[C@@H](C)c3cc4cccc(Cl)c4c(=O)n3-c3ccccc3)cnn2c1. The maximum atomic E-state index is 13.5. The lowest BCUT2D eigenvalue weighted by Crippen LogP contribution is -2.32. The van der Waals surface area contributed by atoms with Crippen molar-refractivity contribution in [2.24, 2.45) is 0 Å². The highest BCUT2D eigenvalue weighted by molar-refractivity contribution is 7.16. The molecule has 484 valence electrons. The largest absolute Gasteiger partial charge is 0.376 e. The molecule has 0 spiro atoms. The topological polar surface area (TPSA) is 250 Å². The molecule has 5 N–H and O–H groups in total. The number of carbonyl (C=O) groups excluding carboxylic acids is 3. The van der Waals surface area contributed by atoms with Crippen LogP contribution in [0.3, 0.4) is 0 Å². The van der Waals surface area contributed by atoms with Gasteiger partial charge in [0.25, 0.3) is 28.5 Å². The molecule has 97 heavy (non-hydrogen) atoms. The third kappa shape index (κ3) is 13.7. The minimum absolute atomic E-state index is 0.181. The Labute approximate surface area is 572 Å². The van der Waals surface area contributed by atoms with E-state index in [1.807, 2.05) is 167 Å². The average molecular weight is 1370 g/mol. The standard InChI is InChI=1S/C25H20ClN5O2.C24H18ClN5O2.C24H21ClN4O2S/c1-15-12-27-23-19(13-28-30(23)14-15)24(32)29-16(2)21-11-17-7-6-10-20(26)22(17)25(33)31(21)18-8-4-3-5-9-18;1-14(29-23(31)17-10-11-26-22-21(17)27-13-28-22)19-12-15-6-5-9-18(25)20(15)24(32)30(19)16-7-3-2-4-8-16;1-14(27-15(2)21-13-26-24(32-21)28-16(3)30)20-12-17-8-7-11-19(25)22(17)23(31)29(20)18-9-5-4-6-10-18/h3-14,16H,1-2H3,(H,29,32);2-14H,1H3,(H,29,31)(H,26,27,28);4-14,27H,2H2,1,3H3,(H,26,28,30)/t16-;2*14-/m000/s1. The number of anilines is 1. The number of nitrogens with one attached hydrogen (secondary N) is 5. The zero-order chi connectivity index (χ0) is 68.2. The van der Waals surface area contributed by atoms with E-state index in [1.165, 1.54) is 30.8 Å². The number of hydrogen-bond donors (Lipinski definition) is 5. The number of thiazole rings is 1. The highest BCUT2D eigenvalue weighted by Crippen LogP contribution is 2.31. The molecule has 14 rings (SSSR count). The number of imidazole rings is 1. The smallest absolute Gasteiger partial charge is 0.264 e. The van der Waals surface area contributed by atoms with Crippen LogP contribution in [0.4, 0.5) is 5.13 Å². The first-order valence-corrected chi connectivity index (χ1v) is 32.4. The van der Waals surface area contributed by atoms with Gasteiger partial charge in [0.1, 0.15) is 5.56 Å². The molecule has 0 bridgehead atoms. The van der Waals surface area contributed by atoms with Crippen molar-refractivity contribution in [3.63, 3.8) is 0 Å². The lowest BCUT2D eigenvalue weighted by molar-refractivity contribution is -0.114. The summed E-state index contributed by atoms with van der Waals surface area (Å²) in [5.74, 6) is -0.806. The van der Waals surface area contributed by atoms with E-state index in [0.717, 1.165) is 27.2 Å². The second kappa shape index (κ2) is 28.3. The van der Waals surface area contributed by atoms with Crippen LogP contribution in [0.25, 0.3) is 71.9 Å². The predicted octanol–water partition coefficient (Wildman–Crippen LogP) is 14.3. The van der Waals surface area contributed by atoms with Gasteiger partial charge in [-0.1, -0.05) is 144 Å². The van der Waals surface area contributed by atoms with Crippen LogP contribution < -0.4 is 37.9 Å². The number of halogens is 3. The Hall–Kier alpha value is -11.4. The number of rotatable bonds is 14. The fourth-order valence-corrected chi connectivity index (χ4v) is 13.0. The van der Waals surface area contributed by atoms with Gasteiger partial charge < -0.3 is 26.3 Å². The van der Waals surface area contributed by atoms with E-state index >= 15 is 0 Å². The van der Waals surface area contributed by atoms with Crippen molar-refractivity contribution in [3.8, 4) is 17.1 Å². The summed E-state index contributed by atoms with van der Waals surface area (Å²) in [6.45, 7) is 13.1. The van der Waals surface area contributed by atoms with Crippen molar-refractivity contribution >= 4 is 124 Å². The number of aromatic amines is 1. The third-order valence-electron chi connectivity index (χ3n) is 15.9. The Bertz CT molecular complexity index is 5560. The Morgan fingerprint density at radius 3 is 1.45 bits per heavy atom. The number of nitrogens with zero attached hydrogens (tertiary/aromatic N) is 9. The van der Waals surface area contributed by atoms with Crippen molar-refractivity contribution in [2.75, 3.05) is 5.32 Å². The molecule has 0 unspecified atom stereocenters. The normalized spacial score (nSPS) is 12.1. The van der Waals surface area contributed by atoms with E-state index < -0.39 is 12.1 Å². The molecule has 0 aliphatic rings. The minimum atomic E-state index is -0.491. The van der Waals surface area contributed by atoms with E-state index in [2.05, 4.69) is 57.9 Å². The number of pyridine rings is 4. The molecule has 0 aliphatic heterocycles. The van der Waals surface area contributed by atoms with Gasteiger partial charge in [0.05, 0.1) is 77.8 Å². The van der Waals surface area contributed by atoms with Crippen LogP contribution in [0.2, 0.25) is 15.1 Å². The molecule has 14 aromatic rings. The van der Waals surface area contributed by atoms with Crippen molar-refractivity contribution in [1.29, 1.82) is 0 Å². The van der Waals surface area contributed by atoms with Crippen LogP contribution in [0.15, 0.2) is 228 Å². The van der Waals surface area contributed by atoms with Crippen molar-refractivity contribution < 1.29 is 14.4 Å². The number of carbonyl (C=O) groups is 3. The first kappa shape index (κ1) is 65.7. The Morgan fingerprint density at radius 2 is 0.990 bits per heavy atom. The summed E-state index contributed by atoms with van der Waals surface area (Å²) in [5.41, 5.74) is 7.36. The van der Waals surface area contributed by atoms with E-state index in [4.69, 9.17) is 34.8 Å². The monoisotopic (exact) mass is 1360 g/mol. The van der Waals surface area contributed by atoms with Gasteiger partial charge in [-0.3, -0.25) is 42.5 Å². The van der Waals surface area contributed by atoms with Gasteiger partial charge in [-0.15, -0.1) is 0 Å². The van der Waals surface area contributed by atoms with Gasteiger partial charge in [-0.2, -0.15) is 5.10 Å². The van der Waals surface area contributed by atoms with E-state index in [9.17, 15) is 28.8 Å². The zero-order valence-electron chi connectivity index (χ0n) is 52.6. The van der Waals surface area contributed by atoms with Crippen molar-refractivity contribution in [3.05, 3.63) is 299 Å². The lowest BCUT2D eigenvalue weighted by Gasteiger charge is -2.22. The second-order valence-corrected chi connectivity index (χ2v) is 24.9. The molecule has 0 radical (unpaired) electrons. The molecule has 24 heteroatoms. The highest BCUT2D eigenvalue weighted by atomic mass is 35.5. The summed E-state index contributed by atoms with van der Waals surface area (Å²) in [5, 5.41) is 21.5. The number of benzene rings is 6. The van der Waals surface area contributed by atoms with Gasteiger partial charge in [-0.05, 0) is 128 Å². The number of para-hydroxylation sites is 3. The fraction of sp³-hybridized carbons (Fsp3) is 0.110. The number of H-pyrrole nitrogens is 1. The molecule has 0 saturated carbocycles. The molecule has 20 nitrogen and oxygen atoms in total. The summed E-state index contributed by atoms with van der Waals surface area (Å²) >= 11 is 20.4. The van der Waals surface area contributed by atoms with Crippen molar-refractivity contribution in [2.45, 2.75) is 52.7 Å². The molecule has 3 atom stereocenters. The summed E-state index contributed by atoms with van der Waals surface area (Å²) in [6, 6.07) is 50.3. The van der Waals surface area contributed by atoms with Crippen LogP contribution in [0.5, 0.6) is 0 Å². The van der Waals surface area contributed by atoms with Gasteiger partial charge in [-0.25, -0.2) is 24.5 Å². The molecule has 6 aromatic carbocycles. The number of aryl methyl sites for hydroxylation is 1. The van der Waals surface area contributed by atoms with E-state index in [-0.39, 0.29) is 40.4 Å². The Balaban J connectivity index is 0.000000139. The van der Waals surface area contributed by atoms with Crippen LogP contribution >= 0.6 is 46.1 Å². The minimum Gasteiger partial charge on any atom is -0.376 e. The average Bonchev–Trinajstić information content (AvgIpc) is 1.61. The molecule has 0 aliphatic carbocycles. The second-order valence-electron chi connectivity index (χ2n) is 22.6. The zero-order valence-corrected chi connectivity index (χ0v) is 55.7. The molecule has 0 saturated heterocycles. The van der Waals surface area contributed by atoms with Gasteiger partial charge in [0, 0.05) is 71.6 Å². The van der Waals surface area contributed by atoms with Gasteiger partial charge >= 0.3 is 0 Å². The molecular formula is C73H59Cl3N14O6S. The predicted molar refractivity (Wildman–Crippen MR) is 384 cm³/mol. The fourth-order valence-electron chi connectivity index (χ4n) is 11.4. The highest BCUT2D eigenvalue weighted by Gasteiger charge is 2.25. The number of fused-ring (bicyclic) bond motifs is 5. The quantitative estimate of drug-likeness (QED) is 0.0682. The van der Waals surface area contributed by atoms with Crippen molar-refractivity contribution in [1.82, 2.24) is 64.2 Å². The number of aromatic nitrogens is 10. The number of amides is 3. The summed E-state index contributed by atoms with van der Waals surface area (Å²) in [4.78, 5) is 98.6. The summed E-state index contributed by atoms with van der Waals surface area (Å²) < 4.78 is 6.44. The summed E-state index contributed by atoms with van der Waals surface area (Å²) in [7, 11) is 0. The van der Waals surface area contributed by atoms with E-state index in [1.54, 1.807) is 73.2 Å². The van der Waals surface area contributed by atoms with Crippen LogP contribution in [-0.2, 0) is 4.79 Å². The maximum absolute atomic E-state index is 13.5. The lowest BCUT2D eigenvalue weighted by atomic mass is 10.1. The Morgan fingerprint density at radius 1 is 0.536 bits per heavy atom. The van der Waals surface area contributed by atoms with Gasteiger partial charge in [0.15, 0.2) is 16.4 Å². The maximum Gasteiger partial charge on any atom is 0.264 e. The van der Waals surface area contributed by atoms with Crippen LogP contribution in [0, 0.1) is 6.92 Å². The molecule has 0 fully saturated rings. The first-order chi connectivity index (χ1) is 46.8. The Kier molecular flexibility index (Phi) is 19.2. The molecular weight excluding hydrogens is 1310 g/mol. The first-order valence-electron chi connectivity index (χ1n) is 30.4. The molecule has 3 amide bonds. The molecule has 8 heterocycles. The molecule has 8 aromatic heterocycles. The van der Waals surface area contributed by atoms with Crippen LogP contribution in [0.1, 0.15) is 94.1 Å². The number of hydrogen-bond acceptors (Lipinski definition) is 13.